The van der Waals surface area contributed by atoms with Gasteiger partial charge in [-0.1, -0.05) is 18.2 Å². The van der Waals surface area contributed by atoms with Gasteiger partial charge in [0.1, 0.15) is 5.75 Å². The molecule has 2 rings (SSSR count). The lowest BCUT2D eigenvalue weighted by Crippen LogP contribution is -2.21. The summed E-state index contributed by atoms with van der Waals surface area (Å²) in [4.78, 5) is 35.2. The fraction of sp³-hybridized carbons (Fsp3) is 0.211. The standard InChI is InChI=1S/C19H19NO5/c1-13(21)14-8-9-17(24-2)15(10-14)11-19(23)25-12-18(22)20-16-6-4-3-5-7-16/h3-10H,11-12H2,1-2H3,(H,20,22). The number of benzene rings is 2. The number of ether oxygens (including phenoxy) is 2. The first-order chi connectivity index (χ1) is 12.0. The number of rotatable bonds is 7. The molecule has 0 heterocycles. The molecule has 0 aliphatic carbocycles. The summed E-state index contributed by atoms with van der Waals surface area (Å²) < 4.78 is 10.2. The quantitative estimate of drug-likeness (QED) is 0.618. The highest BCUT2D eigenvalue weighted by molar-refractivity contribution is 5.95. The van der Waals surface area contributed by atoms with E-state index in [1.165, 1.54) is 14.0 Å². The molecule has 0 bridgehead atoms. The molecule has 2 aromatic carbocycles. The topological polar surface area (TPSA) is 81.7 Å². The summed E-state index contributed by atoms with van der Waals surface area (Å²) in [5, 5.41) is 2.62. The minimum absolute atomic E-state index is 0.0943. The minimum Gasteiger partial charge on any atom is -0.496 e. The zero-order valence-corrected chi connectivity index (χ0v) is 14.1. The molecule has 0 saturated carbocycles. The Morgan fingerprint density at radius 3 is 2.40 bits per heavy atom. The molecule has 0 aliphatic heterocycles. The molecule has 1 N–H and O–H groups in total. The fourth-order valence-electron chi connectivity index (χ4n) is 2.21. The van der Waals surface area contributed by atoms with Crippen molar-refractivity contribution in [1.29, 1.82) is 0 Å². The van der Waals surface area contributed by atoms with Crippen LogP contribution in [0.3, 0.4) is 0 Å². The van der Waals surface area contributed by atoms with Crippen molar-refractivity contribution < 1.29 is 23.9 Å². The van der Waals surface area contributed by atoms with E-state index in [2.05, 4.69) is 5.32 Å². The molecule has 0 atom stereocenters. The number of hydrogen-bond acceptors (Lipinski definition) is 5. The second-order valence-electron chi connectivity index (χ2n) is 5.33. The van der Waals surface area contributed by atoms with Crippen molar-refractivity contribution in [3.8, 4) is 5.75 Å². The van der Waals surface area contributed by atoms with Crippen LogP contribution >= 0.6 is 0 Å². The molecule has 1 amide bonds. The lowest BCUT2D eigenvalue weighted by atomic mass is 10.0. The molecular weight excluding hydrogens is 322 g/mol. The molecule has 6 heteroatoms. The average Bonchev–Trinajstić information content (AvgIpc) is 2.60. The van der Waals surface area contributed by atoms with Gasteiger partial charge in [-0.05, 0) is 37.3 Å². The first-order valence-corrected chi connectivity index (χ1v) is 7.68. The van der Waals surface area contributed by atoms with E-state index in [9.17, 15) is 14.4 Å². The van der Waals surface area contributed by atoms with Crippen LogP contribution in [0.15, 0.2) is 48.5 Å². The van der Waals surface area contributed by atoms with Crippen molar-refractivity contribution in [3.05, 3.63) is 59.7 Å². The third kappa shape index (κ3) is 5.46. The largest absolute Gasteiger partial charge is 0.496 e. The number of methoxy groups -OCH3 is 1. The number of anilines is 1. The number of carbonyl (C=O) groups excluding carboxylic acids is 3. The van der Waals surface area contributed by atoms with Gasteiger partial charge >= 0.3 is 5.97 Å². The molecule has 2 aromatic rings. The maximum atomic E-state index is 12.0. The number of hydrogen-bond donors (Lipinski definition) is 1. The second-order valence-corrected chi connectivity index (χ2v) is 5.33. The van der Waals surface area contributed by atoms with E-state index < -0.39 is 11.9 Å². The Balaban J connectivity index is 1.92. The van der Waals surface area contributed by atoms with Crippen molar-refractivity contribution in [2.45, 2.75) is 13.3 Å². The lowest BCUT2D eigenvalue weighted by molar-refractivity contribution is -0.146. The molecule has 0 fully saturated rings. The third-order valence-electron chi connectivity index (χ3n) is 3.44. The van der Waals surface area contributed by atoms with Crippen molar-refractivity contribution in [2.24, 2.45) is 0 Å². The molecule has 0 spiro atoms. The first-order valence-electron chi connectivity index (χ1n) is 7.68. The number of amides is 1. The van der Waals surface area contributed by atoms with Gasteiger partial charge in [0, 0.05) is 16.8 Å². The predicted molar refractivity (Wildman–Crippen MR) is 92.7 cm³/mol. The first kappa shape index (κ1) is 18.2. The molecular formula is C19H19NO5. The van der Waals surface area contributed by atoms with E-state index in [-0.39, 0.29) is 18.8 Å². The molecule has 0 saturated heterocycles. The Morgan fingerprint density at radius 2 is 1.76 bits per heavy atom. The van der Waals surface area contributed by atoms with E-state index in [0.29, 0.717) is 22.6 Å². The Hall–Kier alpha value is -3.15. The molecule has 0 aromatic heterocycles. The summed E-state index contributed by atoms with van der Waals surface area (Å²) in [6, 6.07) is 13.7. The van der Waals surface area contributed by atoms with Crippen LogP contribution in [0, 0.1) is 0 Å². The number of nitrogens with one attached hydrogen (secondary N) is 1. The van der Waals surface area contributed by atoms with Crippen LogP contribution < -0.4 is 10.1 Å². The van der Waals surface area contributed by atoms with Crippen LogP contribution in [-0.4, -0.2) is 31.4 Å². The van der Waals surface area contributed by atoms with Gasteiger partial charge < -0.3 is 14.8 Å². The van der Waals surface area contributed by atoms with Crippen LogP contribution in [0.2, 0.25) is 0 Å². The van der Waals surface area contributed by atoms with Gasteiger partial charge in [0.2, 0.25) is 0 Å². The third-order valence-corrected chi connectivity index (χ3v) is 3.44. The zero-order chi connectivity index (χ0) is 18.2. The van der Waals surface area contributed by atoms with E-state index in [1.807, 2.05) is 6.07 Å². The number of Topliss-reactive ketones (excluding diaryl/α,β-unsaturated/α-hetero) is 1. The summed E-state index contributed by atoms with van der Waals surface area (Å²) >= 11 is 0. The van der Waals surface area contributed by atoms with Crippen LogP contribution in [0.4, 0.5) is 5.69 Å². The van der Waals surface area contributed by atoms with Crippen LogP contribution in [0.5, 0.6) is 5.75 Å². The SMILES string of the molecule is COc1ccc(C(C)=O)cc1CC(=O)OCC(=O)Nc1ccccc1. The van der Waals surface area contributed by atoms with Crippen LogP contribution in [-0.2, 0) is 20.7 Å². The van der Waals surface area contributed by atoms with Gasteiger partial charge in [-0.15, -0.1) is 0 Å². The molecule has 6 nitrogen and oxygen atoms in total. The molecule has 0 unspecified atom stereocenters. The monoisotopic (exact) mass is 341 g/mol. The number of esters is 1. The van der Waals surface area contributed by atoms with Crippen LogP contribution in [0.25, 0.3) is 0 Å². The molecule has 25 heavy (non-hydrogen) atoms. The predicted octanol–water partition coefficient (Wildman–Crippen LogP) is 2.62. The second kappa shape index (κ2) is 8.63. The van der Waals surface area contributed by atoms with Crippen molar-refractivity contribution in [3.63, 3.8) is 0 Å². The summed E-state index contributed by atoms with van der Waals surface area (Å²) in [6.07, 6.45) is -0.0943. The highest BCUT2D eigenvalue weighted by atomic mass is 16.5. The highest BCUT2D eigenvalue weighted by Gasteiger charge is 2.14. The van der Waals surface area contributed by atoms with Gasteiger partial charge in [0.25, 0.3) is 5.91 Å². The van der Waals surface area contributed by atoms with Gasteiger partial charge in [-0.3, -0.25) is 14.4 Å². The Bertz CT molecular complexity index is 771. The normalized spacial score (nSPS) is 10.0. The minimum atomic E-state index is -0.581. The zero-order valence-electron chi connectivity index (χ0n) is 14.1. The Morgan fingerprint density at radius 1 is 1.04 bits per heavy atom. The van der Waals surface area contributed by atoms with Crippen molar-refractivity contribution >= 4 is 23.3 Å². The lowest BCUT2D eigenvalue weighted by Gasteiger charge is -2.10. The highest BCUT2D eigenvalue weighted by Crippen LogP contribution is 2.21. The Kier molecular flexibility index (Phi) is 6.28. The summed E-state index contributed by atoms with van der Waals surface area (Å²) in [6.45, 7) is 1.06. The average molecular weight is 341 g/mol. The van der Waals surface area contributed by atoms with E-state index in [0.717, 1.165) is 0 Å². The number of ketones is 1. The fourth-order valence-corrected chi connectivity index (χ4v) is 2.21. The van der Waals surface area contributed by atoms with Gasteiger partial charge in [0.05, 0.1) is 13.5 Å². The van der Waals surface area contributed by atoms with Crippen molar-refractivity contribution in [1.82, 2.24) is 0 Å². The van der Waals surface area contributed by atoms with Gasteiger partial charge in [-0.2, -0.15) is 0 Å². The smallest absolute Gasteiger partial charge is 0.310 e. The van der Waals surface area contributed by atoms with E-state index in [4.69, 9.17) is 9.47 Å². The molecule has 0 radical (unpaired) electrons. The summed E-state index contributed by atoms with van der Waals surface area (Å²) in [5.41, 5.74) is 1.63. The molecule has 0 aliphatic rings. The number of para-hydroxylation sites is 1. The van der Waals surface area contributed by atoms with Gasteiger partial charge in [0.15, 0.2) is 12.4 Å². The maximum Gasteiger partial charge on any atom is 0.310 e. The van der Waals surface area contributed by atoms with Gasteiger partial charge in [-0.25, -0.2) is 0 Å². The van der Waals surface area contributed by atoms with Crippen molar-refractivity contribution in [2.75, 3.05) is 19.0 Å². The molecule has 130 valence electrons. The number of carbonyl (C=O) groups is 3. The summed E-state index contributed by atoms with van der Waals surface area (Å²) in [5.74, 6) is -0.638. The summed E-state index contributed by atoms with van der Waals surface area (Å²) in [7, 11) is 1.48. The van der Waals surface area contributed by atoms with E-state index in [1.54, 1.807) is 42.5 Å². The van der Waals surface area contributed by atoms with E-state index >= 15 is 0 Å². The van der Waals surface area contributed by atoms with Crippen LogP contribution in [0.1, 0.15) is 22.8 Å². The maximum absolute atomic E-state index is 12.0. The Labute approximate surface area is 145 Å².